The van der Waals surface area contributed by atoms with Crippen LogP contribution in [0.2, 0.25) is 10.0 Å². The number of nitrogens with one attached hydrogen (secondary N) is 2. The molecule has 0 saturated heterocycles. The highest BCUT2D eigenvalue weighted by Gasteiger charge is 2.31. The number of fused-ring (bicyclic) bond motifs is 2. The smallest absolute Gasteiger partial charge is 0.251 e. The molecule has 0 unspecified atom stereocenters. The number of amides is 2. The Morgan fingerprint density at radius 2 is 0.933 bits per heavy atom. The molecule has 6 nitrogen and oxygen atoms in total. The molecule has 0 radical (unpaired) electrons. The van der Waals surface area contributed by atoms with Crippen molar-refractivity contribution in [2.75, 3.05) is 0 Å². The first kappa shape index (κ1) is 43.2. The van der Waals surface area contributed by atoms with Crippen molar-refractivity contribution in [2.45, 2.75) is 102 Å². The average Bonchev–Trinajstić information content (AvgIpc) is 3.27. The van der Waals surface area contributed by atoms with Crippen molar-refractivity contribution in [1.82, 2.24) is 20.6 Å². The minimum Gasteiger partial charge on any atom is -0.349 e. The summed E-state index contributed by atoms with van der Waals surface area (Å²) in [6.07, 6.45) is 13.8. The number of nitrogens with zero attached hydrogens (tertiary/aromatic N) is 2. The molecule has 2 aliphatic rings. The lowest BCUT2D eigenvalue weighted by Gasteiger charge is -2.34. The predicted octanol–water partition coefficient (Wildman–Crippen LogP) is 13.0. The van der Waals surface area contributed by atoms with E-state index in [-0.39, 0.29) is 35.5 Å². The second-order valence-electron chi connectivity index (χ2n) is 16.3. The Hall–Kier alpha value is -4.92. The minimum atomic E-state index is -0.221. The van der Waals surface area contributed by atoms with E-state index >= 15 is 0 Å². The highest BCUT2D eigenvalue weighted by atomic mass is 35.5. The number of hydrogen-bond donors (Lipinski definition) is 2. The van der Waals surface area contributed by atoms with E-state index in [0.717, 1.165) is 86.0 Å². The number of carbonyl (C=O) groups excluding carboxylic acids is 2. The number of pyridine rings is 2. The van der Waals surface area contributed by atoms with E-state index in [1.54, 1.807) is 72.8 Å². The van der Waals surface area contributed by atoms with Gasteiger partial charge >= 0.3 is 0 Å². The van der Waals surface area contributed by atoms with Crippen molar-refractivity contribution in [3.05, 3.63) is 153 Å². The van der Waals surface area contributed by atoms with E-state index in [9.17, 15) is 18.4 Å². The molecule has 8 rings (SSSR count). The zero-order chi connectivity index (χ0) is 42.2. The van der Waals surface area contributed by atoms with E-state index in [2.05, 4.69) is 34.4 Å². The molecular weight excluding hydrogens is 797 g/mol. The van der Waals surface area contributed by atoms with Crippen molar-refractivity contribution in [2.24, 2.45) is 11.8 Å². The zero-order valence-corrected chi connectivity index (χ0v) is 35.7. The van der Waals surface area contributed by atoms with Gasteiger partial charge in [0.25, 0.3) is 11.8 Å². The first-order valence-corrected chi connectivity index (χ1v) is 22.1. The fraction of sp³-hybridized carbons (Fsp3) is 0.360. The first-order valence-electron chi connectivity index (χ1n) is 21.3. The predicted molar refractivity (Wildman–Crippen MR) is 239 cm³/mol. The fourth-order valence-electron chi connectivity index (χ4n) is 9.47. The summed E-state index contributed by atoms with van der Waals surface area (Å²) < 4.78 is 27.6. The van der Waals surface area contributed by atoms with Crippen molar-refractivity contribution in [3.63, 3.8) is 0 Å². The van der Waals surface area contributed by atoms with Crippen molar-refractivity contribution in [1.29, 1.82) is 0 Å². The topological polar surface area (TPSA) is 84.0 Å². The van der Waals surface area contributed by atoms with Crippen LogP contribution >= 0.6 is 23.2 Å². The molecule has 2 atom stereocenters. The van der Waals surface area contributed by atoms with E-state index in [1.807, 2.05) is 24.5 Å². The van der Waals surface area contributed by atoms with E-state index in [0.29, 0.717) is 44.8 Å². The van der Waals surface area contributed by atoms with Crippen LogP contribution in [-0.4, -0.2) is 33.9 Å². The fourth-order valence-corrected chi connectivity index (χ4v) is 9.72. The van der Waals surface area contributed by atoms with Gasteiger partial charge in [0.05, 0.1) is 11.0 Å². The van der Waals surface area contributed by atoms with Gasteiger partial charge in [-0.3, -0.25) is 19.6 Å². The molecule has 2 heterocycles. The van der Waals surface area contributed by atoms with E-state index in [4.69, 9.17) is 23.2 Å². The summed E-state index contributed by atoms with van der Waals surface area (Å²) in [6, 6.07) is 28.0. The lowest BCUT2D eigenvalue weighted by molar-refractivity contribution is 0.0901. The zero-order valence-electron chi connectivity index (χ0n) is 34.2. The molecule has 2 N–H and O–H groups in total. The molecule has 0 bridgehead atoms. The van der Waals surface area contributed by atoms with Crippen molar-refractivity contribution in [3.8, 4) is 0 Å². The quantitative estimate of drug-likeness (QED) is 0.144. The van der Waals surface area contributed by atoms with Crippen LogP contribution < -0.4 is 10.6 Å². The largest absolute Gasteiger partial charge is 0.349 e. The maximum atomic E-state index is 13.8. The molecule has 312 valence electrons. The van der Waals surface area contributed by atoms with Gasteiger partial charge in [0, 0.05) is 56.4 Å². The molecule has 0 spiro atoms. The Labute approximate surface area is 361 Å². The standard InChI is InChI=1S/2C25H26ClFN2O/c2*1-2-23(29-25(30)18-7-9-19(26)10-8-18)17-5-3-16(4-6-17)21-13-14-28-24-12-11-20(27)15-22(21)24/h2*7-17,23H,2-6H2,1H3,(H,29,30)/t2*16?,17?,23-/m10/s1. The first-order chi connectivity index (χ1) is 29.1. The maximum absolute atomic E-state index is 13.8. The second kappa shape index (κ2) is 20.1. The van der Waals surface area contributed by atoms with Gasteiger partial charge in [-0.1, -0.05) is 37.0 Å². The van der Waals surface area contributed by atoms with E-state index in [1.165, 1.54) is 23.3 Å². The van der Waals surface area contributed by atoms with Crippen molar-refractivity contribution < 1.29 is 18.4 Å². The minimum absolute atomic E-state index is 0.0451. The summed E-state index contributed by atoms with van der Waals surface area (Å²) in [5.41, 5.74) is 5.34. The van der Waals surface area contributed by atoms with Gasteiger partial charge in [-0.2, -0.15) is 0 Å². The van der Waals surface area contributed by atoms with Crippen LogP contribution in [0.3, 0.4) is 0 Å². The summed E-state index contributed by atoms with van der Waals surface area (Å²) in [4.78, 5) is 34.0. The third kappa shape index (κ3) is 10.5. The summed E-state index contributed by atoms with van der Waals surface area (Å²) in [5.74, 6) is 1.17. The number of hydrogen-bond acceptors (Lipinski definition) is 4. The monoisotopic (exact) mass is 848 g/mol. The molecule has 4 aromatic carbocycles. The molecule has 0 aliphatic heterocycles. The van der Waals surface area contributed by atoms with Gasteiger partial charge in [-0.25, -0.2) is 8.78 Å². The highest BCUT2D eigenvalue weighted by molar-refractivity contribution is 6.31. The van der Waals surface area contributed by atoms with Gasteiger partial charge in [0.2, 0.25) is 0 Å². The van der Waals surface area contributed by atoms with Crippen LogP contribution in [0.25, 0.3) is 21.8 Å². The Kier molecular flexibility index (Phi) is 14.5. The van der Waals surface area contributed by atoms with Gasteiger partial charge in [-0.15, -0.1) is 0 Å². The maximum Gasteiger partial charge on any atom is 0.251 e. The molecule has 2 aliphatic carbocycles. The van der Waals surface area contributed by atoms with Crippen LogP contribution in [0.1, 0.15) is 122 Å². The Morgan fingerprint density at radius 3 is 1.28 bits per heavy atom. The Balaban J connectivity index is 0.000000181. The van der Waals surface area contributed by atoms with Crippen LogP contribution in [0.5, 0.6) is 0 Å². The molecule has 6 aromatic rings. The van der Waals surface area contributed by atoms with Crippen LogP contribution in [-0.2, 0) is 0 Å². The van der Waals surface area contributed by atoms with Gasteiger partial charge in [-0.05, 0) is 196 Å². The molecule has 60 heavy (non-hydrogen) atoms. The average molecular weight is 850 g/mol. The molecule has 2 saturated carbocycles. The van der Waals surface area contributed by atoms with Crippen LogP contribution in [0, 0.1) is 23.5 Å². The molecule has 2 aromatic heterocycles. The van der Waals surface area contributed by atoms with Crippen molar-refractivity contribution >= 4 is 56.8 Å². The number of aromatic nitrogens is 2. The van der Waals surface area contributed by atoms with Gasteiger partial charge in [0.1, 0.15) is 11.6 Å². The lowest BCUT2D eigenvalue weighted by atomic mass is 9.75. The summed E-state index contributed by atoms with van der Waals surface area (Å²) in [5, 5.41) is 9.54. The van der Waals surface area contributed by atoms with Gasteiger partial charge in [0.15, 0.2) is 0 Å². The number of benzene rings is 4. The van der Waals surface area contributed by atoms with Gasteiger partial charge < -0.3 is 10.6 Å². The number of halogens is 4. The third-order valence-corrected chi connectivity index (χ3v) is 13.3. The third-order valence-electron chi connectivity index (χ3n) is 12.8. The second-order valence-corrected chi connectivity index (χ2v) is 17.2. The molecule has 10 heteroatoms. The number of carbonyl (C=O) groups is 2. The Bertz CT molecular complexity index is 2230. The Morgan fingerprint density at radius 1 is 0.567 bits per heavy atom. The highest BCUT2D eigenvalue weighted by Crippen LogP contribution is 2.41. The summed E-state index contributed by atoms with van der Waals surface area (Å²) >= 11 is 11.8. The SMILES string of the molecule is CC[C@@H](NC(=O)c1ccc(Cl)cc1)C1CCC(c2ccnc3ccc(F)cc23)CC1.CC[C@H](NC(=O)c1ccc(Cl)cc1)C1CCC(c2ccnc3ccc(F)cc23)CC1. The summed E-state index contributed by atoms with van der Waals surface area (Å²) in [6.45, 7) is 4.25. The lowest BCUT2D eigenvalue weighted by Crippen LogP contribution is -2.41. The molecular formula is C50H52Cl2F2N4O2. The summed E-state index contributed by atoms with van der Waals surface area (Å²) in [7, 11) is 0. The number of rotatable bonds is 10. The van der Waals surface area contributed by atoms with E-state index < -0.39 is 0 Å². The van der Waals surface area contributed by atoms with Crippen LogP contribution in [0.15, 0.2) is 109 Å². The molecule has 2 fully saturated rings. The normalized spacial score (nSPS) is 20.1. The van der Waals surface area contributed by atoms with Crippen LogP contribution in [0.4, 0.5) is 8.78 Å². The molecule has 2 amide bonds.